The van der Waals surface area contributed by atoms with Gasteiger partial charge >= 0.3 is 0 Å². The topological polar surface area (TPSA) is 69.9 Å². The Labute approximate surface area is 164 Å². The summed E-state index contributed by atoms with van der Waals surface area (Å²) in [4.78, 5) is 35.5. The highest BCUT2D eigenvalue weighted by Crippen LogP contribution is 2.21. The zero-order chi connectivity index (χ0) is 19.3. The van der Waals surface area contributed by atoms with E-state index in [2.05, 4.69) is 9.88 Å². The molecule has 0 aliphatic carbocycles. The third kappa shape index (κ3) is 4.03. The Morgan fingerprint density at radius 1 is 0.857 bits per heavy atom. The number of carbonyl (C=O) groups is 2. The molecule has 0 aromatic carbocycles. The van der Waals surface area contributed by atoms with Gasteiger partial charge in [0.15, 0.2) is 5.76 Å². The predicted molar refractivity (Wildman–Crippen MR) is 105 cm³/mol. The van der Waals surface area contributed by atoms with Crippen LogP contribution in [-0.4, -0.2) is 65.9 Å². The second-order valence-electron chi connectivity index (χ2n) is 7.39. The minimum Gasteiger partial charge on any atom is -0.459 e. The number of anilines is 1. The van der Waals surface area contributed by atoms with Crippen molar-refractivity contribution in [2.45, 2.75) is 25.7 Å². The summed E-state index contributed by atoms with van der Waals surface area (Å²) < 4.78 is 5.19. The summed E-state index contributed by atoms with van der Waals surface area (Å²) >= 11 is 0. The summed E-state index contributed by atoms with van der Waals surface area (Å²) in [5, 5.41) is 0. The summed E-state index contributed by atoms with van der Waals surface area (Å²) in [5.41, 5.74) is 1.65. The first kappa shape index (κ1) is 18.5. The van der Waals surface area contributed by atoms with Crippen LogP contribution >= 0.6 is 0 Å². The molecule has 2 aromatic rings. The van der Waals surface area contributed by atoms with Crippen LogP contribution in [0.15, 0.2) is 41.3 Å². The molecule has 0 N–H and O–H groups in total. The summed E-state index contributed by atoms with van der Waals surface area (Å²) in [5.74, 6) is 0.199. The van der Waals surface area contributed by atoms with Crippen LogP contribution in [-0.2, 0) is 0 Å². The Bertz CT molecular complexity index is 805. The fourth-order valence-corrected chi connectivity index (χ4v) is 3.90. The zero-order valence-electron chi connectivity index (χ0n) is 16.0. The highest BCUT2D eigenvalue weighted by molar-refractivity contribution is 5.95. The fourth-order valence-electron chi connectivity index (χ4n) is 3.90. The second kappa shape index (κ2) is 8.46. The molecule has 2 fully saturated rings. The Hall–Kier alpha value is -2.83. The van der Waals surface area contributed by atoms with E-state index in [1.807, 2.05) is 12.3 Å². The zero-order valence-corrected chi connectivity index (χ0v) is 16.0. The molecule has 2 aliphatic rings. The van der Waals surface area contributed by atoms with Crippen LogP contribution in [0.3, 0.4) is 0 Å². The van der Waals surface area contributed by atoms with Crippen LogP contribution in [0.1, 0.15) is 46.6 Å². The standard InChI is InChI=1S/C21H26N4O3/c26-20(17-14-18(16-22-15-17)23-7-3-1-2-4-8-23)24-9-11-25(12-10-24)21(27)19-6-5-13-28-19/h5-6,13-16H,1-4,7-12H2. The van der Waals surface area contributed by atoms with Crippen LogP contribution in [0.5, 0.6) is 0 Å². The van der Waals surface area contributed by atoms with Crippen molar-refractivity contribution in [2.75, 3.05) is 44.2 Å². The van der Waals surface area contributed by atoms with E-state index in [4.69, 9.17) is 4.42 Å². The number of hydrogen-bond acceptors (Lipinski definition) is 5. The maximum Gasteiger partial charge on any atom is 0.289 e. The Balaban J connectivity index is 1.38. The van der Waals surface area contributed by atoms with Gasteiger partial charge in [-0.25, -0.2) is 0 Å². The molecule has 2 aliphatic heterocycles. The quantitative estimate of drug-likeness (QED) is 0.816. The van der Waals surface area contributed by atoms with Gasteiger partial charge in [-0.05, 0) is 31.0 Å². The molecule has 4 heterocycles. The largest absolute Gasteiger partial charge is 0.459 e. The van der Waals surface area contributed by atoms with E-state index in [9.17, 15) is 9.59 Å². The Kier molecular flexibility index (Phi) is 5.60. The number of nitrogens with zero attached hydrogens (tertiary/aromatic N) is 4. The molecule has 0 bridgehead atoms. The first-order valence-corrected chi connectivity index (χ1v) is 10.0. The molecule has 0 radical (unpaired) electrons. The first-order valence-electron chi connectivity index (χ1n) is 10.0. The van der Waals surface area contributed by atoms with Gasteiger partial charge in [0.25, 0.3) is 11.8 Å². The third-order valence-corrected chi connectivity index (χ3v) is 5.53. The molecule has 2 saturated heterocycles. The van der Waals surface area contributed by atoms with Gasteiger partial charge in [-0.1, -0.05) is 12.8 Å². The van der Waals surface area contributed by atoms with E-state index in [0.717, 1.165) is 18.8 Å². The van der Waals surface area contributed by atoms with Crippen molar-refractivity contribution >= 4 is 17.5 Å². The van der Waals surface area contributed by atoms with Gasteiger partial charge in [0, 0.05) is 45.5 Å². The van der Waals surface area contributed by atoms with E-state index in [0.29, 0.717) is 37.5 Å². The van der Waals surface area contributed by atoms with Gasteiger partial charge in [-0.2, -0.15) is 0 Å². The smallest absolute Gasteiger partial charge is 0.289 e. The number of rotatable bonds is 3. The van der Waals surface area contributed by atoms with E-state index in [1.54, 1.807) is 28.1 Å². The Morgan fingerprint density at radius 3 is 2.18 bits per heavy atom. The van der Waals surface area contributed by atoms with Crippen LogP contribution in [0.4, 0.5) is 5.69 Å². The molecule has 0 unspecified atom stereocenters. The SMILES string of the molecule is O=C(c1cncc(N2CCCCCC2)c1)N1CCN(C(=O)c2ccco2)CC1. The molecule has 7 heteroatoms. The van der Waals surface area contributed by atoms with Gasteiger partial charge < -0.3 is 19.1 Å². The van der Waals surface area contributed by atoms with Crippen molar-refractivity contribution in [3.05, 3.63) is 48.2 Å². The lowest BCUT2D eigenvalue weighted by Gasteiger charge is -2.34. The third-order valence-electron chi connectivity index (χ3n) is 5.53. The predicted octanol–water partition coefficient (Wildman–Crippen LogP) is 2.65. The summed E-state index contributed by atoms with van der Waals surface area (Å²) in [6.07, 6.45) is 9.89. The molecule has 0 atom stereocenters. The number of piperazine rings is 1. The van der Waals surface area contributed by atoms with Gasteiger partial charge in [0.1, 0.15) is 0 Å². The molecule has 2 amide bonds. The van der Waals surface area contributed by atoms with Crippen molar-refractivity contribution in [2.24, 2.45) is 0 Å². The molecule has 7 nitrogen and oxygen atoms in total. The highest BCUT2D eigenvalue weighted by Gasteiger charge is 2.27. The van der Waals surface area contributed by atoms with Crippen LogP contribution in [0, 0.1) is 0 Å². The van der Waals surface area contributed by atoms with E-state index in [1.165, 1.54) is 31.9 Å². The van der Waals surface area contributed by atoms with Crippen molar-refractivity contribution in [3.63, 3.8) is 0 Å². The van der Waals surface area contributed by atoms with Gasteiger partial charge in [0.2, 0.25) is 0 Å². The lowest BCUT2D eigenvalue weighted by atomic mass is 10.2. The highest BCUT2D eigenvalue weighted by atomic mass is 16.3. The van der Waals surface area contributed by atoms with Crippen molar-refractivity contribution in [1.29, 1.82) is 0 Å². The number of aromatic nitrogens is 1. The molecule has 28 heavy (non-hydrogen) atoms. The number of pyridine rings is 1. The molecular weight excluding hydrogens is 356 g/mol. The van der Waals surface area contributed by atoms with E-state index in [-0.39, 0.29) is 11.8 Å². The maximum absolute atomic E-state index is 13.0. The van der Waals surface area contributed by atoms with Gasteiger partial charge in [-0.3, -0.25) is 14.6 Å². The van der Waals surface area contributed by atoms with Gasteiger partial charge in [-0.15, -0.1) is 0 Å². The van der Waals surface area contributed by atoms with E-state index < -0.39 is 0 Å². The van der Waals surface area contributed by atoms with Gasteiger partial charge in [0.05, 0.1) is 23.7 Å². The molecule has 0 spiro atoms. The Morgan fingerprint density at radius 2 is 1.54 bits per heavy atom. The van der Waals surface area contributed by atoms with Crippen molar-refractivity contribution in [3.8, 4) is 0 Å². The summed E-state index contributed by atoms with van der Waals surface area (Å²) in [7, 11) is 0. The monoisotopic (exact) mass is 382 g/mol. The van der Waals surface area contributed by atoms with Crippen LogP contribution in [0.25, 0.3) is 0 Å². The summed E-state index contributed by atoms with van der Waals surface area (Å²) in [6.45, 7) is 4.08. The summed E-state index contributed by atoms with van der Waals surface area (Å²) in [6, 6.07) is 5.33. The van der Waals surface area contributed by atoms with E-state index >= 15 is 0 Å². The lowest BCUT2D eigenvalue weighted by molar-refractivity contribution is 0.0518. The minimum absolute atomic E-state index is 0.0192. The normalized spacial score (nSPS) is 18.1. The molecule has 2 aromatic heterocycles. The first-order chi connectivity index (χ1) is 13.7. The molecular formula is C21H26N4O3. The lowest BCUT2D eigenvalue weighted by Crippen LogP contribution is -2.50. The molecule has 0 saturated carbocycles. The van der Waals surface area contributed by atoms with Crippen molar-refractivity contribution in [1.82, 2.24) is 14.8 Å². The van der Waals surface area contributed by atoms with Crippen LogP contribution < -0.4 is 4.90 Å². The average molecular weight is 382 g/mol. The fraction of sp³-hybridized carbons (Fsp3) is 0.476. The van der Waals surface area contributed by atoms with Crippen LogP contribution in [0.2, 0.25) is 0 Å². The molecule has 4 rings (SSSR count). The number of hydrogen-bond donors (Lipinski definition) is 0. The maximum atomic E-state index is 13.0. The number of furan rings is 1. The second-order valence-corrected chi connectivity index (χ2v) is 7.39. The molecule has 148 valence electrons. The average Bonchev–Trinajstić information content (AvgIpc) is 3.15. The number of amides is 2. The minimum atomic E-state index is -0.123. The van der Waals surface area contributed by atoms with Crippen molar-refractivity contribution < 1.29 is 14.0 Å². The number of carbonyl (C=O) groups excluding carboxylic acids is 2.